The average molecular weight is 365 g/mol. The number of fused-ring (bicyclic) bond motifs is 1. The first-order valence-electron chi connectivity index (χ1n) is 7.43. The van der Waals surface area contributed by atoms with Crippen molar-refractivity contribution in [3.05, 3.63) is 59.4 Å². The monoisotopic (exact) mass is 364 g/mol. The fraction of sp³-hybridized carbons (Fsp3) is 0.188. The molecular weight excluding hydrogens is 348 g/mol. The molecule has 0 aliphatic rings. The Morgan fingerprint density at radius 1 is 1.17 bits per heavy atom. The summed E-state index contributed by atoms with van der Waals surface area (Å²) in [7, 11) is -3.54. The Bertz CT molecular complexity index is 940. The highest BCUT2D eigenvalue weighted by atomic mass is 35.5. The van der Waals surface area contributed by atoms with Crippen LogP contribution in [0.3, 0.4) is 0 Å². The van der Waals surface area contributed by atoms with E-state index in [1.807, 2.05) is 18.3 Å². The zero-order valence-electron chi connectivity index (χ0n) is 12.8. The van der Waals surface area contributed by atoms with Gasteiger partial charge in [-0.15, -0.1) is 0 Å². The van der Waals surface area contributed by atoms with Crippen molar-refractivity contribution in [2.75, 3.05) is 13.1 Å². The number of benzene rings is 1. The molecule has 0 bridgehead atoms. The predicted molar refractivity (Wildman–Crippen MR) is 94.4 cm³/mol. The minimum Gasteiger partial charge on any atom is -0.346 e. The van der Waals surface area contributed by atoms with Crippen LogP contribution in [0.25, 0.3) is 11.0 Å². The predicted octanol–water partition coefficient (Wildman–Crippen LogP) is 2.28. The summed E-state index contributed by atoms with van der Waals surface area (Å²) >= 11 is 5.83. The van der Waals surface area contributed by atoms with Crippen LogP contribution in [0.5, 0.6) is 0 Å². The molecule has 0 aliphatic heterocycles. The first kappa shape index (κ1) is 16.9. The molecule has 0 atom stereocenters. The number of nitrogens with zero attached hydrogens (tertiary/aromatic N) is 1. The second kappa shape index (κ2) is 7.31. The second-order valence-electron chi connectivity index (χ2n) is 5.24. The molecule has 8 heteroatoms. The van der Waals surface area contributed by atoms with Crippen LogP contribution >= 0.6 is 11.6 Å². The Labute approximate surface area is 145 Å². The van der Waals surface area contributed by atoms with E-state index in [0.29, 0.717) is 18.1 Å². The number of rotatable bonds is 7. The molecule has 0 spiro atoms. The number of pyridine rings is 1. The van der Waals surface area contributed by atoms with Gasteiger partial charge in [0.15, 0.2) is 0 Å². The third kappa shape index (κ3) is 3.93. The average Bonchev–Trinajstić information content (AvgIpc) is 3.04. The van der Waals surface area contributed by atoms with Crippen molar-refractivity contribution in [3.8, 4) is 0 Å². The van der Waals surface area contributed by atoms with E-state index in [2.05, 4.69) is 20.0 Å². The van der Waals surface area contributed by atoms with Gasteiger partial charge in [0, 0.05) is 42.4 Å². The van der Waals surface area contributed by atoms with Crippen LogP contribution in [0.15, 0.2) is 53.7 Å². The smallest absolute Gasteiger partial charge is 0.240 e. The van der Waals surface area contributed by atoms with Crippen LogP contribution in [-0.2, 0) is 16.6 Å². The minimum atomic E-state index is -3.54. The Hall–Kier alpha value is -1.93. The van der Waals surface area contributed by atoms with Gasteiger partial charge in [0.25, 0.3) is 0 Å². The highest BCUT2D eigenvalue weighted by Crippen LogP contribution is 2.15. The Balaban J connectivity index is 1.51. The number of halogens is 1. The van der Waals surface area contributed by atoms with Crippen molar-refractivity contribution in [1.29, 1.82) is 0 Å². The highest BCUT2D eigenvalue weighted by Gasteiger charge is 2.13. The Morgan fingerprint density at radius 2 is 2.04 bits per heavy atom. The lowest BCUT2D eigenvalue weighted by Crippen LogP contribution is -2.31. The number of nitrogens with one attached hydrogen (secondary N) is 3. The van der Waals surface area contributed by atoms with Gasteiger partial charge in [-0.3, -0.25) is 0 Å². The van der Waals surface area contributed by atoms with Crippen molar-refractivity contribution >= 4 is 32.7 Å². The lowest BCUT2D eigenvalue weighted by atomic mass is 10.2. The van der Waals surface area contributed by atoms with Crippen molar-refractivity contribution in [1.82, 2.24) is 20.0 Å². The van der Waals surface area contributed by atoms with Gasteiger partial charge in [0.05, 0.1) is 4.90 Å². The maximum absolute atomic E-state index is 12.1. The van der Waals surface area contributed by atoms with E-state index < -0.39 is 10.0 Å². The number of sulfonamides is 1. The molecule has 2 aromatic heterocycles. The zero-order chi connectivity index (χ0) is 17.0. The molecule has 126 valence electrons. The molecule has 3 N–H and O–H groups in total. The zero-order valence-corrected chi connectivity index (χ0v) is 14.4. The third-order valence-electron chi connectivity index (χ3n) is 3.57. The van der Waals surface area contributed by atoms with Gasteiger partial charge in [-0.1, -0.05) is 17.7 Å². The summed E-state index contributed by atoms with van der Waals surface area (Å²) in [5.41, 5.74) is 1.95. The van der Waals surface area contributed by atoms with E-state index in [4.69, 9.17) is 11.6 Å². The van der Waals surface area contributed by atoms with Crippen LogP contribution < -0.4 is 10.0 Å². The van der Waals surface area contributed by atoms with Gasteiger partial charge in [-0.05, 0) is 35.9 Å². The summed E-state index contributed by atoms with van der Waals surface area (Å²) in [6, 6.07) is 10.1. The number of aromatic nitrogens is 2. The van der Waals surface area contributed by atoms with Crippen LogP contribution in [0.2, 0.25) is 5.02 Å². The maximum atomic E-state index is 12.1. The second-order valence-corrected chi connectivity index (χ2v) is 7.45. The number of hydrogen-bond acceptors (Lipinski definition) is 4. The molecule has 0 saturated carbocycles. The van der Waals surface area contributed by atoms with Crippen LogP contribution in [-0.4, -0.2) is 31.5 Å². The molecule has 0 fully saturated rings. The number of H-pyrrole nitrogens is 1. The summed E-state index contributed by atoms with van der Waals surface area (Å²) in [6.07, 6.45) is 3.60. The topological polar surface area (TPSA) is 86.9 Å². The minimum absolute atomic E-state index is 0.165. The van der Waals surface area contributed by atoms with Crippen LogP contribution in [0.1, 0.15) is 5.56 Å². The van der Waals surface area contributed by atoms with Gasteiger partial charge in [-0.25, -0.2) is 18.1 Å². The SMILES string of the molecule is O=S(=O)(NCCNCc1ccnc2[nH]ccc12)c1cccc(Cl)c1. The van der Waals surface area contributed by atoms with E-state index in [1.54, 1.807) is 18.3 Å². The molecular formula is C16H17ClN4O2S. The standard InChI is InChI=1S/C16H17ClN4O2S/c17-13-2-1-3-14(10-13)24(22,23)21-9-8-18-11-12-4-6-19-16-15(12)5-7-20-16/h1-7,10,18,21H,8-9,11H2,(H,19,20). The number of hydrogen-bond donors (Lipinski definition) is 3. The maximum Gasteiger partial charge on any atom is 0.240 e. The quantitative estimate of drug-likeness (QED) is 0.561. The first-order chi connectivity index (χ1) is 11.6. The van der Waals surface area contributed by atoms with Gasteiger partial charge < -0.3 is 10.3 Å². The molecule has 24 heavy (non-hydrogen) atoms. The summed E-state index contributed by atoms with van der Waals surface area (Å²) in [5.74, 6) is 0. The van der Waals surface area contributed by atoms with Crippen molar-refractivity contribution in [2.24, 2.45) is 0 Å². The summed E-state index contributed by atoms with van der Waals surface area (Å²) in [5, 5.41) is 4.68. The van der Waals surface area contributed by atoms with E-state index in [0.717, 1.165) is 16.6 Å². The lowest BCUT2D eigenvalue weighted by molar-refractivity contribution is 0.576. The van der Waals surface area contributed by atoms with Gasteiger partial charge >= 0.3 is 0 Å². The summed E-state index contributed by atoms with van der Waals surface area (Å²) < 4.78 is 26.8. The molecule has 0 saturated heterocycles. The molecule has 2 heterocycles. The van der Waals surface area contributed by atoms with E-state index in [9.17, 15) is 8.42 Å². The number of aromatic amines is 1. The highest BCUT2D eigenvalue weighted by molar-refractivity contribution is 7.89. The first-order valence-corrected chi connectivity index (χ1v) is 9.29. The molecule has 3 rings (SSSR count). The molecule has 0 radical (unpaired) electrons. The van der Waals surface area contributed by atoms with Gasteiger partial charge in [0.2, 0.25) is 10.0 Å². The van der Waals surface area contributed by atoms with E-state index in [-0.39, 0.29) is 11.4 Å². The Morgan fingerprint density at radius 3 is 2.88 bits per heavy atom. The molecule has 0 unspecified atom stereocenters. The van der Waals surface area contributed by atoms with E-state index >= 15 is 0 Å². The van der Waals surface area contributed by atoms with Crippen molar-refractivity contribution in [3.63, 3.8) is 0 Å². The van der Waals surface area contributed by atoms with Gasteiger partial charge in [-0.2, -0.15) is 0 Å². The normalized spacial score (nSPS) is 11.9. The molecule has 6 nitrogen and oxygen atoms in total. The molecule has 0 amide bonds. The summed E-state index contributed by atoms with van der Waals surface area (Å²) in [6.45, 7) is 1.43. The van der Waals surface area contributed by atoms with Crippen LogP contribution in [0.4, 0.5) is 0 Å². The van der Waals surface area contributed by atoms with Gasteiger partial charge in [0.1, 0.15) is 5.65 Å². The molecule has 0 aliphatic carbocycles. The lowest BCUT2D eigenvalue weighted by Gasteiger charge is -2.09. The van der Waals surface area contributed by atoms with E-state index in [1.165, 1.54) is 12.1 Å². The molecule has 1 aromatic carbocycles. The van der Waals surface area contributed by atoms with Crippen molar-refractivity contribution < 1.29 is 8.42 Å². The fourth-order valence-corrected chi connectivity index (χ4v) is 3.72. The van der Waals surface area contributed by atoms with Crippen molar-refractivity contribution in [2.45, 2.75) is 11.4 Å². The largest absolute Gasteiger partial charge is 0.346 e. The third-order valence-corrected chi connectivity index (χ3v) is 5.26. The fourth-order valence-electron chi connectivity index (χ4n) is 2.39. The summed E-state index contributed by atoms with van der Waals surface area (Å²) in [4.78, 5) is 7.46. The molecule has 3 aromatic rings. The van der Waals surface area contributed by atoms with Crippen LogP contribution in [0, 0.1) is 0 Å². The Kier molecular flexibility index (Phi) is 5.15.